The normalized spacial score (nSPS) is 12.7. The van der Waals surface area contributed by atoms with Crippen LogP contribution >= 0.6 is 0 Å². The predicted molar refractivity (Wildman–Crippen MR) is 238 cm³/mol. The van der Waals surface area contributed by atoms with Crippen molar-refractivity contribution in [3.63, 3.8) is 0 Å². The van der Waals surface area contributed by atoms with Gasteiger partial charge in [-0.25, -0.2) is 0 Å². The number of ether oxygens (including phenoxy) is 2. The summed E-state index contributed by atoms with van der Waals surface area (Å²) >= 11 is 0. The molecule has 1 N–H and O–H groups in total. The van der Waals surface area contributed by atoms with E-state index in [-0.39, 0.29) is 25.2 Å². The van der Waals surface area contributed by atoms with E-state index in [2.05, 4.69) is 27.7 Å². The predicted octanol–water partition coefficient (Wildman–Crippen LogP) is 16.0. The molecular formula is C50H98O5. The lowest BCUT2D eigenvalue weighted by Gasteiger charge is -2.15. The summed E-state index contributed by atoms with van der Waals surface area (Å²) in [5, 5.41) is 9.62. The van der Waals surface area contributed by atoms with Crippen molar-refractivity contribution in [1.82, 2.24) is 0 Å². The number of esters is 2. The number of hydrogen-bond donors (Lipinski definition) is 1. The van der Waals surface area contributed by atoms with E-state index in [0.29, 0.717) is 12.8 Å². The summed E-state index contributed by atoms with van der Waals surface area (Å²) in [6.07, 6.45) is 49.0. The van der Waals surface area contributed by atoms with Crippen LogP contribution in [0.5, 0.6) is 0 Å². The third kappa shape index (κ3) is 43.9. The van der Waals surface area contributed by atoms with Crippen LogP contribution < -0.4 is 0 Å². The maximum atomic E-state index is 12.3. The van der Waals surface area contributed by atoms with Gasteiger partial charge in [0.1, 0.15) is 6.61 Å². The molecule has 0 spiro atoms. The highest BCUT2D eigenvalue weighted by atomic mass is 16.6. The summed E-state index contributed by atoms with van der Waals surface area (Å²) in [7, 11) is 0. The minimum Gasteiger partial charge on any atom is -0.462 e. The summed E-state index contributed by atoms with van der Waals surface area (Å²) in [4.78, 5) is 24.4. The van der Waals surface area contributed by atoms with E-state index in [1.807, 2.05) is 0 Å². The maximum Gasteiger partial charge on any atom is 0.306 e. The standard InChI is InChI=1S/C50H98O5/c1-5-47(4)41-37-33-29-25-21-17-13-8-6-7-9-15-19-23-27-31-35-39-43-50(53)55-48(44-51)45-54-49(52)42-38-34-30-26-22-18-14-11-10-12-16-20-24-28-32-36-40-46(2)3/h46-48,51H,5-45H2,1-4H3/t47?,48-/m0/s1. The Kier molecular flexibility index (Phi) is 43.1. The SMILES string of the molecule is CCC(C)CCCCCCCCCCCCCCCCCCCCC(=O)O[C@@H](CO)COC(=O)CCCCCCCCCCCCCCCCCCC(C)C. The molecule has 0 aromatic rings. The van der Waals surface area contributed by atoms with Gasteiger partial charge in [0.25, 0.3) is 0 Å². The van der Waals surface area contributed by atoms with E-state index < -0.39 is 6.10 Å². The highest BCUT2D eigenvalue weighted by Crippen LogP contribution is 2.18. The molecule has 0 amide bonds. The van der Waals surface area contributed by atoms with E-state index in [1.54, 1.807) is 0 Å². The molecule has 0 bridgehead atoms. The van der Waals surface area contributed by atoms with Gasteiger partial charge >= 0.3 is 11.9 Å². The highest BCUT2D eigenvalue weighted by molar-refractivity contribution is 5.70. The molecule has 0 aliphatic rings. The molecule has 5 heteroatoms. The first-order valence-corrected chi connectivity index (χ1v) is 24.8. The third-order valence-electron chi connectivity index (χ3n) is 11.9. The summed E-state index contributed by atoms with van der Waals surface area (Å²) < 4.78 is 10.7. The minimum atomic E-state index is -0.764. The fourth-order valence-electron chi connectivity index (χ4n) is 7.72. The van der Waals surface area contributed by atoms with Gasteiger partial charge in [0.05, 0.1) is 6.61 Å². The molecule has 0 aromatic heterocycles. The molecule has 55 heavy (non-hydrogen) atoms. The van der Waals surface area contributed by atoms with E-state index >= 15 is 0 Å². The van der Waals surface area contributed by atoms with Gasteiger partial charge in [-0.15, -0.1) is 0 Å². The summed E-state index contributed by atoms with van der Waals surface area (Å²) in [6, 6.07) is 0. The van der Waals surface area contributed by atoms with Crippen LogP contribution in [0.1, 0.15) is 278 Å². The fraction of sp³-hybridized carbons (Fsp3) is 0.960. The van der Waals surface area contributed by atoms with E-state index in [9.17, 15) is 14.7 Å². The highest BCUT2D eigenvalue weighted by Gasteiger charge is 2.16. The van der Waals surface area contributed by atoms with Gasteiger partial charge in [0.2, 0.25) is 0 Å². The summed E-state index contributed by atoms with van der Waals surface area (Å²) in [5.74, 6) is 1.20. The second-order valence-electron chi connectivity index (χ2n) is 18.0. The van der Waals surface area contributed by atoms with Gasteiger partial charge in [0, 0.05) is 12.8 Å². The molecule has 1 unspecified atom stereocenters. The van der Waals surface area contributed by atoms with Crippen molar-refractivity contribution in [3.8, 4) is 0 Å². The Morgan fingerprint density at radius 2 is 0.709 bits per heavy atom. The molecule has 0 heterocycles. The van der Waals surface area contributed by atoms with Crippen LogP contribution in [0.4, 0.5) is 0 Å². The van der Waals surface area contributed by atoms with E-state index in [4.69, 9.17) is 9.47 Å². The molecule has 0 rings (SSSR count). The van der Waals surface area contributed by atoms with Crippen molar-refractivity contribution in [3.05, 3.63) is 0 Å². The molecule has 5 nitrogen and oxygen atoms in total. The molecule has 0 fully saturated rings. The van der Waals surface area contributed by atoms with Crippen LogP contribution in [-0.2, 0) is 19.1 Å². The van der Waals surface area contributed by atoms with E-state index in [1.165, 1.54) is 205 Å². The first-order valence-electron chi connectivity index (χ1n) is 24.8. The third-order valence-corrected chi connectivity index (χ3v) is 11.9. The Balaban J connectivity index is 3.44. The van der Waals surface area contributed by atoms with Crippen LogP contribution in [-0.4, -0.2) is 36.4 Å². The largest absolute Gasteiger partial charge is 0.462 e. The molecule has 0 saturated carbocycles. The van der Waals surface area contributed by atoms with Crippen molar-refractivity contribution >= 4 is 11.9 Å². The molecule has 0 aliphatic carbocycles. The number of unbranched alkanes of at least 4 members (excludes halogenated alkanes) is 32. The van der Waals surface area contributed by atoms with Crippen LogP contribution in [0.2, 0.25) is 0 Å². The zero-order chi connectivity index (χ0) is 40.3. The Morgan fingerprint density at radius 1 is 0.418 bits per heavy atom. The maximum absolute atomic E-state index is 12.3. The van der Waals surface area contributed by atoms with Crippen molar-refractivity contribution in [1.29, 1.82) is 0 Å². The van der Waals surface area contributed by atoms with Crippen LogP contribution in [0, 0.1) is 11.8 Å². The lowest BCUT2D eigenvalue weighted by molar-refractivity contribution is -0.161. The number of hydrogen-bond acceptors (Lipinski definition) is 5. The van der Waals surface area contributed by atoms with Gasteiger partial charge in [-0.3, -0.25) is 9.59 Å². The number of rotatable bonds is 45. The lowest BCUT2D eigenvalue weighted by Crippen LogP contribution is -2.28. The van der Waals surface area contributed by atoms with Gasteiger partial charge < -0.3 is 14.6 Å². The number of carbonyl (C=O) groups excluding carboxylic acids is 2. The molecule has 2 atom stereocenters. The molecule has 0 aromatic carbocycles. The molecule has 328 valence electrons. The van der Waals surface area contributed by atoms with Gasteiger partial charge in [-0.1, -0.05) is 252 Å². The molecule has 0 radical (unpaired) electrons. The zero-order valence-electron chi connectivity index (χ0n) is 37.8. The first kappa shape index (κ1) is 53.9. The topological polar surface area (TPSA) is 72.8 Å². The average molecular weight is 779 g/mol. The quantitative estimate of drug-likeness (QED) is 0.0492. The Hall–Kier alpha value is -1.10. The smallest absolute Gasteiger partial charge is 0.306 e. The van der Waals surface area contributed by atoms with Crippen LogP contribution in [0.15, 0.2) is 0 Å². The van der Waals surface area contributed by atoms with Crippen molar-refractivity contribution in [2.45, 2.75) is 284 Å². The average Bonchev–Trinajstić information content (AvgIpc) is 3.17. The second-order valence-corrected chi connectivity index (χ2v) is 18.0. The summed E-state index contributed by atoms with van der Waals surface area (Å²) in [6.45, 7) is 8.96. The van der Waals surface area contributed by atoms with Gasteiger partial charge in [0.15, 0.2) is 6.10 Å². The Labute approximate surface area is 344 Å². The molecule has 0 aliphatic heterocycles. The minimum absolute atomic E-state index is 0.0572. The molecule has 0 saturated heterocycles. The first-order chi connectivity index (χ1) is 26.9. The monoisotopic (exact) mass is 779 g/mol. The number of aliphatic hydroxyl groups is 1. The van der Waals surface area contributed by atoms with Gasteiger partial charge in [-0.2, -0.15) is 0 Å². The van der Waals surface area contributed by atoms with Crippen LogP contribution in [0.25, 0.3) is 0 Å². The second kappa shape index (κ2) is 44.0. The van der Waals surface area contributed by atoms with Crippen molar-refractivity contribution < 1.29 is 24.2 Å². The van der Waals surface area contributed by atoms with Crippen LogP contribution in [0.3, 0.4) is 0 Å². The Bertz CT molecular complexity index is 782. The lowest BCUT2D eigenvalue weighted by atomic mass is 9.99. The van der Waals surface area contributed by atoms with E-state index in [0.717, 1.165) is 43.9 Å². The Morgan fingerprint density at radius 3 is 1.02 bits per heavy atom. The van der Waals surface area contributed by atoms with Crippen molar-refractivity contribution in [2.75, 3.05) is 13.2 Å². The van der Waals surface area contributed by atoms with Gasteiger partial charge in [-0.05, 0) is 24.7 Å². The fourth-order valence-corrected chi connectivity index (χ4v) is 7.72. The zero-order valence-corrected chi connectivity index (χ0v) is 37.8. The number of aliphatic hydroxyl groups excluding tert-OH is 1. The molecular weight excluding hydrogens is 681 g/mol. The van der Waals surface area contributed by atoms with Crippen molar-refractivity contribution in [2.24, 2.45) is 11.8 Å². The number of carbonyl (C=O) groups is 2. The summed E-state index contributed by atoms with van der Waals surface area (Å²) in [5.41, 5.74) is 0.